The van der Waals surface area contributed by atoms with E-state index in [-0.39, 0.29) is 11.8 Å². The Balaban J connectivity index is 1.41. The van der Waals surface area contributed by atoms with Crippen LogP contribution in [-0.2, 0) is 0 Å². The Morgan fingerprint density at radius 1 is 1.29 bits per heavy atom. The number of fused-ring (bicyclic) bond motifs is 1. The topological polar surface area (TPSA) is 85.3 Å². The minimum Gasteiger partial charge on any atom is -0.339 e. The fraction of sp³-hybridized carbons (Fsp3) is 0.200. The minimum absolute atomic E-state index is 0.291. The van der Waals surface area contributed by atoms with Gasteiger partial charge in [-0.05, 0) is 37.1 Å². The first-order valence-electron chi connectivity index (χ1n) is 8.92. The second-order valence-electron chi connectivity index (χ2n) is 6.89. The first kappa shape index (κ1) is 16.6. The van der Waals surface area contributed by atoms with Crippen molar-refractivity contribution in [3.63, 3.8) is 0 Å². The number of rotatable bonds is 4. The van der Waals surface area contributed by atoms with Gasteiger partial charge in [-0.15, -0.1) is 0 Å². The third-order valence-electron chi connectivity index (χ3n) is 4.81. The van der Waals surface area contributed by atoms with Crippen molar-refractivity contribution in [2.24, 2.45) is 0 Å². The maximum absolute atomic E-state index is 13.2. The highest BCUT2D eigenvalue weighted by Gasteiger charge is 2.43. The lowest BCUT2D eigenvalue weighted by molar-refractivity contribution is 0.102. The molecule has 1 saturated carbocycles. The molecule has 0 aliphatic heterocycles. The van der Waals surface area contributed by atoms with E-state index in [1.807, 2.05) is 43.5 Å². The Bertz CT molecular complexity index is 1170. The molecule has 8 heteroatoms. The van der Waals surface area contributed by atoms with Crippen LogP contribution >= 0.6 is 0 Å². The minimum atomic E-state index is -0.897. The van der Waals surface area contributed by atoms with Crippen LogP contribution in [0.5, 0.6) is 0 Å². The summed E-state index contributed by atoms with van der Waals surface area (Å²) >= 11 is 0. The number of pyridine rings is 1. The second-order valence-corrected chi connectivity index (χ2v) is 6.89. The van der Waals surface area contributed by atoms with Crippen molar-refractivity contribution in [1.29, 1.82) is 0 Å². The molecule has 28 heavy (non-hydrogen) atoms. The number of amides is 1. The number of hydrogen-bond acceptors (Lipinski definition) is 5. The number of halogens is 1. The van der Waals surface area contributed by atoms with Crippen molar-refractivity contribution in [2.45, 2.75) is 25.4 Å². The van der Waals surface area contributed by atoms with E-state index in [1.165, 1.54) is 0 Å². The van der Waals surface area contributed by atoms with Crippen molar-refractivity contribution < 1.29 is 13.7 Å². The fourth-order valence-corrected chi connectivity index (χ4v) is 3.05. The molecule has 1 aliphatic rings. The molecule has 1 aromatic carbocycles. The number of anilines is 1. The normalized spacial score (nSPS) is 18.4. The number of alkyl halides is 1. The summed E-state index contributed by atoms with van der Waals surface area (Å²) in [4.78, 5) is 21.3. The summed E-state index contributed by atoms with van der Waals surface area (Å²) in [6, 6.07) is 11.0. The van der Waals surface area contributed by atoms with Crippen LogP contribution in [0.2, 0.25) is 0 Å². The summed E-state index contributed by atoms with van der Waals surface area (Å²) in [5.74, 6) is 0.0904. The molecule has 0 saturated heterocycles. The van der Waals surface area contributed by atoms with Crippen molar-refractivity contribution >= 4 is 17.2 Å². The number of nitrogens with zero attached hydrogens (tertiary/aromatic N) is 4. The average molecular weight is 377 g/mol. The summed E-state index contributed by atoms with van der Waals surface area (Å²) in [6.07, 6.45) is 3.04. The molecule has 1 aliphatic carbocycles. The Morgan fingerprint density at radius 2 is 2.14 bits per heavy atom. The highest BCUT2D eigenvalue weighted by molar-refractivity contribution is 6.03. The lowest BCUT2D eigenvalue weighted by Crippen LogP contribution is -2.13. The fourth-order valence-electron chi connectivity index (χ4n) is 3.05. The number of aryl methyl sites for hydroxylation is 1. The molecule has 3 aromatic heterocycles. The molecular weight excluding hydrogens is 361 g/mol. The number of aromatic nitrogens is 4. The zero-order chi connectivity index (χ0) is 19.3. The monoisotopic (exact) mass is 377 g/mol. The zero-order valence-electron chi connectivity index (χ0n) is 15.0. The van der Waals surface area contributed by atoms with Crippen molar-refractivity contribution in [2.75, 3.05) is 5.32 Å². The highest BCUT2D eigenvalue weighted by Crippen LogP contribution is 2.43. The van der Waals surface area contributed by atoms with Gasteiger partial charge in [0, 0.05) is 23.6 Å². The molecule has 0 bridgehead atoms. The molecular formula is C20H16FN5O2. The Morgan fingerprint density at radius 3 is 2.93 bits per heavy atom. The van der Waals surface area contributed by atoms with Crippen molar-refractivity contribution in [3.8, 4) is 11.4 Å². The number of carbonyl (C=O) groups is 1. The Kier molecular flexibility index (Phi) is 3.71. The maximum Gasteiger partial charge on any atom is 0.275 e. The summed E-state index contributed by atoms with van der Waals surface area (Å²) in [6.45, 7) is 1.89. The molecule has 0 radical (unpaired) electrons. The van der Waals surface area contributed by atoms with Gasteiger partial charge in [0.2, 0.25) is 11.7 Å². The molecule has 1 fully saturated rings. The van der Waals surface area contributed by atoms with E-state index in [0.717, 1.165) is 5.56 Å². The van der Waals surface area contributed by atoms with E-state index >= 15 is 0 Å². The van der Waals surface area contributed by atoms with Crippen LogP contribution < -0.4 is 5.32 Å². The van der Waals surface area contributed by atoms with E-state index in [0.29, 0.717) is 40.7 Å². The van der Waals surface area contributed by atoms with Gasteiger partial charge in [-0.25, -0.2) is 9.37 Å². The van der Waals surface area contributed by atoms with Gasteiger partial charge in [0.05, 0.1) is 5.92 Å². The van der Waals surface area contributed by atoms with Gasteiger partial charge in [0.25, 0.3) is 5.91 Å². The Labute approximate surface area is 159 Å². The number of nitrogens with one attached hydrogen (secondary N) is 1. The maximum atomic E-state index is 13.2. The summed E-state index contributed by atoms with van der Waals surface area (Å²) < 4.78 is 20.1. The van der Waals surface area contributed by atoms with Gasteiger partial charge in [-0.2, -0.15) is 4.98 Å². The number of imidazole rings is 1. The summed E-state index contributed by atoms with van der Waals surface area (Å²) in [5, 5.41) is 6.82. The van der Waals surface area contributed by atoms with Crippen LogP contribution in [0.4, 0.5) is 10.1 Å². The number of carbonyl (C=O) groups excluding carboxylic acids is 1. The molecule has 1 amide bonds. The van der Waals surface area contributed by atoms with Crippen molar-refractivity contribution in [3.05, 3.63) is 65.9 Å². The third-order valence-corrected chi connectivity index (χ3v) is 4.81. The van der Waals surface area contributed by atoms with Crippen LogP contribution in [0.3, 0.4) is 0 Å². The second kappa shape index (κ2) is 6.26. The predicted octanol–water partition coefficient (Wildman–Crippen LogP) is 3.77. The van der Waals surface area contributed by atoms with Crippen LogP contribution in [0.25, 0.3) is 17.0 Å². The van der Waals surface area contributed by atoms with E-state index in [9.17, 15) is 9.18 Å². The summed E-state index contributed by atoms with van der Waals surface area (Å²) in [7, 11) is 0. The molecule has 3 heterocycles. The Hall–Kier alpha value is -3.55. The predicted molar refractivity (Wildman–Crippen MR) is 99.9 cm³/mol. The quantitative estimate of drug-likeness (QED) is 0.585. The third kappa shape index (κ3) is 2.92. The van der Waals surface area contributed by atoms with E-state index < -0.39 is 6.17 Å². The van der Waals surface area contributed by atoms with Gasteiger partial charge in [-0.1, -0.05) is 23.4 Å². The van der Waals surface area contributed by atoms with Crippen LogP contribution in [0.15, 0.2) is 53.3 Å². The number of benzene rings is 1. The number of hydrogen-bond donors (Lipinski definition) is 1. The molecule has 0 unspecified atom stereocenters. The van der Waals surface area contributed by atoms with Gasteiger partial charge in [0.1, 0.15) is 17.5 Å². The molecule has 5 rings (SSSR count). The van der Waals surface area contributed by atoms with E-state index in [2.05, 4.69) is 20.4 Å². The van der Waals surface area contributed by atoms with Crippen LogP contribution in [0.1, 0.15) is 34.3 Å². The standard InChI is InChI=1S/C20H16FN5O2/c1-11-5-6-12(18-24-20(28-25-18)13-9-14(13)21)8-15(11)23-19(27)16-10-26-7-3-2-4-17(26)22-16/h2-8,10,13-14H,9H2,1H3,(H,23,27)/t13-,14-/m0/s1. The van der Waals surface area contributed by atoms with Gasteiger partial charge < -0.3 is 14.2 Å². The van der Waals surface area contributed by atoms with Gasteiger partial charge in [-0.3, -0.25) is 4.79 Å². The molecule has 4 aromatic rings. The highest BCUT2D eigenvalue weighted by atomic mass is 19.1. The van der Waals surface area contributed by atoms with Crippen molar-refractivity contribution in [1.82, 2.24) is 19.5 Å². The van der Waals surface area contributed by atoms with Crippen LogP contribution in [0, 0.1) is 6.92 Å². The van der Waals surface area contributed by atoms with E-state index in [4.69, 9.17) is 4.52 Å². The van der Waals surface area contributed by atoms with Crippen LogP contribution in [-0.4, -0.2) is 31.6 Å². The van der Waals surface area contributed by atoms with E-state index in [1.54, 1.807) is 16.7 Å². The molecule has 7 nitrogen and oxygen atoms in total. The van der Waals surface area contributed by atoms with Gasteiger partial charge in [0.15, 0.2) is 0 Å². The smallest absolute Gasteiger partial charge is 0.275 e. The molecule has 0 spiro atoms. The molecule has 140 valence electrons. The molecule has 2 atom stereocenters. The summed E-state index contributed by atoms with van der Waals surface area (Å²) in [5.41, 5.74) is 3.21. The van der Waals surface area contributed by atoms with Gasteiger partial charge >= 0.3 is 0 Å². The molecule has 1 N–H and O–H groups in total. The lowest BCUT2D eigenvalue weighted by Gasteiger charge is -2.08. The SMILES string of the molecule is Cc1ccc(-c2noc([C@H]3C[C@@H]3F)n2)cc1NC(=O)c1cn2ccccc2n1. The largest absolute Gasteiger partial charge is 0.339 e. The zero-order valence-corrected chi connectivity index (χ0v) is 15.0. The average Bonchev–Trinajstić information content (AvgIpc) is 3.12. The first-order chi connectivity index (χ1) is 13.6. The lowest BCUT2D eigenvalue weighted by atomic mass is 10.1. The first-order valence-corrected chi connectivity index (χ1v) is 8.92.